The molecule has 5 nitrogen and oxygen atoms in total. The van der Waals surface area contributed by atoms with Gasteiger partial charge in [-0.1, -0.05) is 38.4 Å². The molecule has 1 heterocycles. The lowest BCUT2D eigenvalue weighted by molar-refractivity contribution is -0.139. The smallest absolute Gasteiger partial charge is 0.323 e. The maximum atomic E-state index is 15.4. The van der Waals surface area contributed by atoms with Gasteiger partial charge < -0.3 is 4.72 Å². The maximum Gasteiger partial charge on any atom is 0.417 e. The summed E-state index contributed by atoms with van der Waals surface area (Å²) >= 11 is 6.35. The summed E-state index contributed by atoms with van der Waals surface area (Å²) in [7, 11) is 0. The first-order valence-corrected chi connectivity index (χ1v) is 12.3. The number of nitrogens with one attached hydrogen (secondary N) is 2. The highest BCUT2D eigenvalue weighted by molar-refractivity contribution is 8.00. The quantitative estimate of drug-likeness (QED) is 0.188. The number of fused-ring (bicyclic) bond motifs is 1. The molecular formula is C26H20ClF5N4OS. The summed E-state index contributed by atoms with van der Waals surface area (Å²) in [5, 5.41) is 3.15. The van der Waals surface area contributed by atoms with Crippen LogP contribution in [0.5, 0.6) is 0 Å². The first-order chi connectivity index (χ1) is 17.7. The lowest BCUT2D eigenvalue weighted by Gasteiger charge is -2.16. The third kappa shape index (κ3) is 5.99. The number of hydrogen-bond acceptors (Lipinski definition) is 5. The van der Waals surface area contributed by atoms with E-state index < -0.39 is 28.8 Å². The Hall–Kier alpha value is -3.44. The molecule has 2 N–H and O–H groups in total. The highest BCUT2D eigenvalue weighted by Gasteiger charge is 2.34. The fourth-order valence-corrected chi connectivity index (χ4v) is 4.45. The van der Waals surface area contributed by atoms with Crippen LogP contribution in [-0.4, -0.2) is 15.9 Å². The van der Waals surface area contributed by atoms with Gasteiger partial charge in [0.1, 0.15) is 5.82 Å². The molecule has 0 atom stereocenters. The summed E-state index contributed by atoms with van der Waals surface area (Å²) in [5.41, 5.74) is -1.62. The molecule has 0 aliphatic heterocycles. The van der Waals surface area contributed by atoms with Crippen molar-refractivity contribution in [3.8, 4) is 11.1 Å². The van der Waals surface area contributed by atoms with Crippen LogP contribution in [0, 0.1) is 17.0 Å². The number of alkyl halides is 3. The molecule has 4 aromatic rings. The molecule has 1 aromatic heterocycles. The first kappa shape index (κ1) is 27.6. The van der Waals surface area contributed by atoms with Gasteiger partial charge in [-0.05, 0) is 60.0 Å². The second-order valence-electron chi connectivity index (χ2n) is 9.30. The van der Waals surface area contributed by atoms with Crippen molar-refractivity contribution in [2.45, 2.75) is 31.8 Å². The van der Waals surface area contributed by atoms with Crippen molar-refractivity contribution in [1.82, 2.24) is 9.97 Å². The number of rotatable bonds is 5. The second-order valence-corrected chi connectivity index (χ2v) is 10.6. The molecule has 3 aromatic carbocycles. The predicted octanol–water partition coefficient (Wildman–Crippen LogP) is 8.35. The molecule has 1 amide bonds. The van der Waals surface area contributed by atoms with Gasteiger partial charge in [-0.2, -0.15) is 13.2 Å². The highest BCUT2D eigenvalue weighted by Crippen LogP contribution is 2.39. The van der Waals surface area contributed by atoms with Crippen LogP contribution in [0.15, 0.2) is 59.6 Å². The Kier molecular flexibility index (Phi) is 7.53. The van der Waals surface area contributed by atoms with Crippen molar-refractivity contribution < 1.29 is 26.7 Å². The highest BCUT2D eigenvalue weighted by atomic mass is 35.5. The van der Waals surface area contributed by atoms with Gasteiger partial charge in [-0.25, -0.2) is 18.7 Å². The minimum absolute atomic E-state index is 0.0714. The average Bonchev–Trinajstić information content (AvgIpc) is 2.82. The van der Waals surface area contributed by atoms with Crippen LogP contribution >= 0.6 is 23.5 Å². The van der Waals surface area contributed by atoms with E-state index in [1.807, 2.05) is 0 Å². The van der Waals surface area contributed by atoms with E-state index in [2.05, 4.69) is 20.0 Å². The third-order valence-electron chi connectivity index (χ3n) is 5.39. The number of halogens is 6. The van der Waals surface area contributed by atoms with Crippen LogP contribution in [0.3, 0.4) is 0 Å². The fourth-order valence-electron chi connectivity index (χ4n) is 3.36. The zero-order valence-electron chi connectivity index (χ0n) is 20.2. The Morgan fingerprint density at radius 1 is 1.00 bits per heavy atom. The molecule has 0 saturated heterocycles. The molecular weight excluding hydrogens is 547 g/mol. The Morgan fingerprint density at radius 3 is 2.42 bits per heavy atom. The number of nitrogens with zero attached hydrogens (tertiary/aromatic N) is 2. The monoisotopic (exact) mass is 566 g/mol. The summed E-state index contributed by atoms with van der Waals surface area (Å²) < 4.78 is 72.8. The molecule has 0 aliphatic rings. The van der Waals surface area contributed by atoms with Crippen molar-refractivity contribution in [3.05, 3.63) is 76.9 Å². The van der Waals surface area contributed by atoms with Crippen molar-refractivity contribution in [2.75, 3.05) is 10.0 Å². The van der Waals surface area contributed by atoms with Crippen LogP contribution in [0.1, 0.15) is 26.3 Å². The van der Waals surface area contributed by atoms with Gasteiger partial charge >= 0.3 is 6.18 Å². The van der Waals surface area contributed by atoms with Gasteiger partial charge in [0.25, 0.3) is 0 Å². The molecule has 38 heavy (non-hydrogen) atoms. The Bertz CT molecular complexity index is 1540. The van der Waals surface area contributed by atoms with E-state index >= 15 is 4.39 Å². The average molecular weight is 567 g/mol. The van der Waals surface area contributed by atoms with Crippen LogP contribution in [0.25, 0.3) is 22.0 Å². The van der Waals surface area contributed by atoms with E-state index in [0.29, 0.717) is 22.9 Å². The van der Waals surface area contributed by atoms with Crippen LogP contribution in [0.4, 0.5) is 33.6 Å². The van der Waals surface area contributed by atoms with Crippen LogP contribution < -0.4 is 10.0 Å². The normalized spacial score (nSPS) is 12.0. The Labute approximate surface area is 224 Å². The molecule has 198 valence electrons. The van der Waals surface area contributed by atoms with E-state index in [0.717, 1.165) is 30.3 Å². The van der Waals surface area contributed by atoms with Crippen molar-refractivity contribution >= 4 is 52.0 Å². The van der Waals surface area contributed by atoms with Gasteiger partial charge in [-0.15, -0.1) is 0 Å². The molecule has 4 rings (SSSR count). The number of carbonyl (C=O) groups excluding carboxylic acids is 1. The molecule has 0 aliphatic carbocycles. The number of aromatic nitrogens is 2. The fraction of sp³-hybridized carbons (Fsp3) is 0.192. The van der Waals surface area contributed by atoms with E-state index in [9.17, 15) is 22.4 Å². The minimum Gasteiger partial charge on any atom is -0.323 e. The second kappa shape index (κ2) is 10.4. The largest absolute Gasteiger partial charge is 0.417 e. The number of carbonyl (C=O) groups is 1. The van der Waals surface area contributed by atoms with Crippen molar-refractivity contribution in [1.29, 1.82) is 0 Å². The molecule has 0 radical (unpaired) electrons. The van der Waals surface area contributed by atoms with Crippen LogP contribution in [-0.2, 0) is 11.0 Å². The van der Waals surface area contributed by atoms with Crippen molar-refractivity contribution in [2.24, 2.45) is 5.41 Å². The third-order valence-corrected chi connectivity index (χ3v) is 6.50. The van der Waals surface area contributed by atoms with E-state index in [-0.39, 0.29) is 38.6 Å². The zero-order valence-corrected chi connectivity index (χ0v) is 21.7. The summed E-state index contributed by atoms with van der Waals surface area (Å²) in [6.45, 7) is 5.22. The molecule has 12 heteroatoms. The van der Waals surface area contributed by atoms with E-state index in [1.54, 1.807) is 20.8 Å². The molecule has 0 unspecified atom stereocenters. The van der Waals surface area contributed by atoms with Gasteiger partial charge in [0.05, 0.1) is 22.3 Å². The van der Waals surface area contributed by atoms with Gasteiger partial charge in [-0.3, -0.25) is 10.1 Å². The topological polar surface area (TPSA) is 66.9 Å². The number of amides is 1. The number of hydrogen-bond donors (Lipinski definition) is 2. The van der Waals surface area contributed by atoms with E-state index in [4.69, 9.17) is 11.6 Å². The zero-order chi connectivity index (χ0) is 27.8. The van der Waals surface area contributed by atoms with Crippen molar-refractivity contribution in [3.63, 3.8) is 0 Å². The number of benzene rings is 3. The lowest BCUT2D eigenvalue weighted by atomic mass is 9.96. The predicted molar refractivity (Wildman–Crippen MR) is 139 cm³/mol. The molecule has 0 fully saturated rings. The van der Waals surface area contributed by atoms with E-state index in [1.165, 1.54) is 24.4 Å². The minimum atomic E-state index is -4.65. The first-order valence-electron chi connectivity index (χ1n) is 11.1. The standard InChI is InChI=1S/C26H20ClF5N4OS/c1-25(2,3)23(37)35-24-33-12-14-10-13(4-8-18(14)34-24)21-17(28)7-9-19(22(21)29)36-38-20-11-15(27)5-6-16(20)26(30,31)32/h4-12,36H,1-3H3,(H,33,34,35,37). The van der Waals surface area contributed by atoms with Gasteiger partial charge in [0.15, 0.2) is 5.82 Å². The maximum absolute atomic E-state index is 15.4. The Balaban J connectivity index is 1.63. The van der Waals surface area contributed by atoms with Gasteiger partial charge in [0.2, 0.25) is 11.9 Å². The summed E-state index contributed by atoms with van der Waals surface area (Å²) in [5.74, 6) is -2.06. The molecule has 0 saturated carbocycles. The summed E-state index contributed by atoms with van der Waals surface area (Å²) in [6, 6.07) is 9.58. The summed E-state index contributed by atoms with van der Waals surface area (Å²) in [6.07, 6.45) is -3.24. The SMILES string of the molecule is CC(C)(C)C(=O)Nc1ncc2cc(-c3c(F)ccc(NSc4cc(Cl)ccc4C(F)(F)F)c3F)ccc2n1. The molecule has 0 spiro atoms. The van der Waals surface area contributed by atoms with Gasteiger partial charge in [0, 0.05) is 26.9 Å². The number of anilines is 2. The summed E-state index contributed by atoms with van der Waals surface area (Å²) in [4.78, 5) is 20.3. The lowest BCUT2D eigenvalue weighted by Crippen LogP contribution is -2.28. The van der Waals surface area contributed by atoms with Crippen LogP contribution in [0.2, 0.25) is 5.02 Å². The Morgan fingerprint density at radius 2 is 1.74 bits per heavy atom. The molecule has 0 bridgehead atoms.